The maximum atomic E-state index is 12.3. The minimum atomic E-state index is 0.307. The van der Waals surface area contributed by atoms with Crippen molar-refractivity contribution in [2.24, 2.45) is 5.41 Å². The SMILES string of the molecule is O=C1CC[C@]2(CCCN(Cc3cc(C4CCCCC4)no3)C2)CN1C1CC1. The first-order valence-corrected chi connectivity index (χ1v) is 11.2. The lowest BCUT2D eigenvalue weighted by molar-refractivity contribution is -0.140. The van der Waals surface area contributed by atoms with Gasteiger partial charge in [0.15, 0.2) is 5.76 Å². The Hall–Kier alpha value is -1.36. The minimum Gasteiger partial charge on any atom is -0.360 e. The number of amides is 1. The van der Waals surface area contributed by atoms with Gasteiger partial charge in [-0.05, 0) is 51.5 Å². The van der Waals surface area contributed by atoms with E-state index in [2.05, 4.69) is 21.0 Å². The molecule has 1 amide bonds. The summed E-state index contributed by atoms with van der Waals surface area (Å²) in [6.07, 6.45) is 13.3. The molecule has 0 unspecified atom stereocenters. The Morgan fingerprint density at radius 2 is 1.93 bits per heavy atom. The summed E-state index contributed by atoms with van der Waals surface area (Å²) in [4.78, 5) is 17.1. The van der Waals surface area contributed by atoms with Gasteiger partial charge in [0, 0.05) is 43.0 Å². The molecule has 148 valence electrons. The summed E-state index contributed by atoms with van der Waals surface area (Å²) in [7, 11) is 0. The molecule has 0 N–H and O–H groups in total. The van der Waals surface area contributed by atoms with Crippen molar-refractivity contribution in [3.05, 3.63) is 17.5 Å². The smallest absolute Gasteiger partial charge is 0.222 e. The van der Waals surface area contributed by atoms with Gasteiger partial charge in [-0.25, -0.2) is 0 Å². The van der Waals surface area contributed by atoms with Crippen LogP contribution in [0.1, 0.15) is 88.0 Å². The van der Waals surface area contributed by atoms with Gasteiger partial charge in [0.25, 0.3) is 0 Å². The van der Waals surface area contributed by atoms with Crippen LogP contribution in [-0.2, 0) is 11.3 Å². The molecular formula is C22H33N3O2. The summed E-state index contributed by atoms with van der Waals surface area (Å²) in [6.45, 7) is 4.09. The number of hydrogen-bond acceptors (Lipinski definition) is 4. The molecule has 2 aliphatic heterocycles. The third-order valence-electron chi connectivity index (χ3n) is 7.40. The van der Waals surface area contributed by atoms with Gasteiger partial charge in [-0.1, -0.05) is 24.4 Å². The topological polar surface area (TPSA) is 49.6 Å². The predicted molar refractivity (Wildman–Crippen MR) is 103 cm³/mol. The van der Waals surface area contributed by atoms with E-state index in [1.165, 1.54) is 63.5 Å². The Labute approximate surface area is 162 Å². The first-order chi connectivity index (χ1) is 13.2. The number of carbonyl (C=O) groups excluding carboxylic acids is 1. The van der Waals surface area contributed by atoms with E-state index in [1.54, 1.807) is 0 Å². The average Bonchev–Trinajstić information content (AvgIpc) is 3.44. The number of hydrogen-bond donors (Lipinski definition) is 0. The summed E-state index contributed by atoms with van der Waals surface area (Å²) in [6, 6.07) is 2.77. The average molecular weight is 372 g/mol. The molecule has 2 saturated heterocycles. The molecule has 3 heterocycles. The van der Waals surface area contributed by atoms with Gasteiger partial charge in [0.05, 0.1) is 12.2 Å². The lowest BCUT2D eigenvalue weighted by Gasteiger charge is -2.48. The molecule has 1 atom stereocenters. The van der Waals surface area contributed by atoms with E-state index in [0.717, 1.165) is 44.8 Å². The number of nitrogens with zero attached hydrogens (tertiary/aromatic N) is 3. The van der Waals surface area contributed by atoms with E-state index >= 15 is 0 Å². The van der Waals surface area contributed by atoms with Crippen LogP contribution in [0.25, 0.3) is 0 Å². The molecule has 1 aromatic heterocycles. The molecule has 2 aliphatic carbocycles. The minimum absolute atomic E-state index is 0.307. The van der Waals surface area contributed by atoms with E-state index in [0.29, 0.717) is 23.3 Å². The number of likely N-dealkylation sites (tertiary alicyclic amines) is 2. The Morgan fingerprint density at radius 1 is 1.07 bits per heavy atom. The van der Waals surface area contributed by atoms with Crippen LogP contribution in [0.2, 0.25) is 0 Å². The standard InChI is InChI=1S/C22H33N3O2/c26-21-9-11-22(16-25(21)18-7-8-18)10-4-12-24(15-22)14-19-13-20(23-27-19)17-5-2-1-3-6-17/h13,17-18H,1-12,14-16H2/t22-/m0/s1. The third-order valence-corrected chi connectivity index (χ3v) is 7.40. The Kier molecular flexibility index (Phi) is 4.75. The predicted octanol–water partition coefficient (Wildman–Crippen LogP) is 4.09. The number of carbonyl (C=O) groups is 1. The van der Waals surface area contributed by atoms with Gasteiger partial charge in [0.2, 0.25) is 5.91 Å². The third kappa shape index (κ3) is 3.80. The zero-order valence-electron chi connectivity index (χ0n) is 16.5. The van der Waals surface area contributed by atoms with Crippen molar-refractivity contribution in [3.8, 4) is 0 Å². The van der Waals surface area contributed by atoms with Crippen LogP contribution in [0.15, 0.2) is 10.6 Å². The van der Waals surface area contributed by atoms with Gasteiger partial charge in [-0.2, -0.15) is 0 Å². The van der Waals surface area contributed by atoms with Gasteiger partial charge >= 0.3 is 0 Å². The van der Waals surface area contributed by atoms with Crippen molar-refractivity contribution < 1.29 is 9.32 Å². The van der Waals surface area contributed by atoms with Crippen LogP contribution in [0.4, 0.5) is 0 Å². The lowest BCUT2D eigenvalue weighted by Crippen LogP contribution is -2.54. The van der Waals surface area contributed by atoms with Crippen LogP contribution in [-0.4, -0.2) is 46.5 Å². The van der Waals surface area contributed by atoms with Crippen LogP contribution >= 0.6 is 0 Å². The molecule has 0 radical (unpaired) electrons. The van der Waals surface area contributed by atoms with Gasteiger partial charge in [-0.15, -0.1) is 0 Å². The first kappa shape index (κ1) is 17.7. The second kappa shape index (κ2) is 7.23. The molecule has 5 nitrogen and oxygen atoms in total. The van der Waals surface area contributed by atoms with Crippen molar-refractivity contribution in [2.45, 2.75) is 89.1 Å². The molecule has 2 saturated carbocycles. The first-order valence-electron chi connectivity index (χ1n) is 11.2. The molecule has 1 aromatic rings. The molecule has 4 fully saturated rings. The zero-order valence-corrected chi connectivity index (χ0v) is 16.5. The molecule has 0 aromatic carbocycles. The lowest BCUT2D eigenvalue weighted by atomic mass is 9.73. The Morgan fingerprint density at radius 3 is 2.74 bits per heavy atom. The molecule has 0 bridgehead atoms. The van der Waals surface area contributed by atoms with Gasteiger partial charge in [-0.3, -0.25) is 9.69 Å². The van der Waals surface area contributed by atoms with Crippen LogP contribution < -0.4 is 0 Å². The van der Waals surface area contributed by atoms with E-state index in [1.807, 2.05) is 0 Å². The van der Waals surface area contributed by atoms with Gasteiger partial charge in [0.1, 0.15) is 0 Å². The Balaban J connectivity index is 1.22. The molecular weight excluding hydrogens is 338 g/mol. The summed E-state index contributed by atoms with van der Waals surface area (Å²) in [5.74, 6) is 2.03. The van der Waals surface area contributed by atoms with E-state index < -0.39 is 0 Å². The van der Waals surface area contributed by atoms with Crippen molar-refractivity contribution in [1.82, 2.24) is 15.0 Å². The van der Waals surface area contributed by atoms with E-state index in [4.69, 9.17) is 4.52 Å². The van der Waals surface area contributed by atoms with Crippen molar-refractivity contribution >= 4 is 5.91 Å². The monoisotopic (exact) mass is 371 g/mol. The number of aromatic nitrogens is 1. The molecule has 5 heteroatoms. The fraction of sp³-hybridized carbons (Fsp3) is 0.818. The molecule has 4 aliphatic rings. The number of rotatable bonds is 4. The fourth-order valence-corrected chi connectivity index (χ4v) is 5.76. The Bertz CT molecular complexity index is 677. The summed E-state index contributed by atoms with van der Waals surface area (Å²) in [5, 5.41) is 4.41. The molecule has 27 heavy (non-hydrogen) atoms. The highest BCUT2D eigenvalue weighted by Crippen LogP contribution is 2.42. The summed E-state index contributed by atoms with van der Waals surface area (Å²) < 4.78 is 5.73. The second-order valence-electron chi connectivity index (χ2n) is 9.62. The maximum absolute atomic E-state index is 12.3. The van der Waals surface area contributed by atoms with E-state index in [-0.39, 0.29) is 0 Å². The highest BCUT2D eigenvalue weighted by Gasteiger charge is 2.45. The highest BCUT2D eigenvalue weighted by molar-refractivity contribution is 5.78. The maximum Gasteiger partial charge on any atom is 0.222 e. The second-order valence-corrected chi connectivity index (χ2v) is 9.62. The highest BCUT2D eigenvalue weighted by atomic mass is 16.5. The van der Waals surface area contributed by atoms with E-state index in [9.17, 15) is 4.79 Å². The van der Waals surface area contributed by atoms with Crippen LogP contribution in [0.5, 0.6) is 0 Å². The summed E-state index contributed by atoms with van der Waals surface area (Å²) >= 11 is 0. The summed E-state index contributed by atoms with van der Waals surface area (Å²) in [5.41, 5.74) is 1.49. The van der Waals surface area contributed by atoms with Crippen LogP contribution in [0, 0.1) is 5.41 Å². The van der Waals surface area contributed by atoms with Gasteiger partial charge < -0.3 is 9.42 Å². The van der Waals surface area contributed by atoms with Crippen molar-refractivity contribution in [2.75, 3.05) is 19.6 Å². The quantitative estimate of drug-likeness (QED) is 0.800. The largest absolute Gasteiger partial charge is 0.360 e. The van der Waals surface area contributed by atoms with Crippen molar-refractivity contribution in [1.29, 1.82) is 0 Å². The fourth-order valence-electron chi connectivity index (χ4n) is 5.76. The molecule has 1 spiro atoms. The normalized spacial score (nSPS) is 31.0. The zero-order chi connectivity index (χ0) is 18.3. The van der Waals surface area contributed by atoms with Crippen LogP contribution in [0.3, 0.4) is 0 Å². The molecule has 5 rings (SSSR count). The van der Waals surface area contributed by atoms with Crippen molar-refractivity contribution in [3.63, 3.8) is 0 Å². The number of piperidine rings is 2.